The second kappa shape index (κ2) is 12.7. The largest absolute Gasteiger partial charge is 0.366 e. The van der Waals surface area contributed by atoms with Crippen LogP contribution in [0.3, 0.4) is 0 Å². The van der Waals surface area contributed by atoms with E-state index < -0.39 is 5.91 Å². The van der Waals surface area contributed by atoms with Crippen LogP contribution in [0.2, 0.25) is 5.02 Å². The summed E-state index contributed by atoms with van der Waals surface area (Å²) in [5.41, 5.74) is 8.91. The lowest BCUT2D eigenvalue weighted by Crippen LogP contribution is -2.32. The van der Waals surface area contributed by atoms with Crippen LogP contribution < -0.4 is 16.4 Å². The zero-order valence-electron chi connectivity index (χ0n) is 22.9. The molecule has 1 unspecified atom stereocenters. The molecule has 0 saturated carbocycles. The molecule has 0 bridgehead atoms. The first-order valence-corrected chi connectivity index (χ1v) is 14.6. The van der Waals surface area contributed by atoms with Crippen LogP contribution in [0.25, 0.3) is 11.0 Å². The minimum atomic E-state index is -0.545. The number of fused-ring (bicyclic) bond motifs is 1. The van der Waals surface area contributed by atoms with Gasteiger partial charge >= 0.3 is 0 Å². The molecule has 2 aliphatic heterocycles. The van der Waals surface area contributed by atoms with Gasteiger partial charge in [0, 0.05) is 54.7 Å². The maximum atomic E-state index is 13.4. The molecule has 3 aromatic rings. The zero-order chi connectivity index (χ0) is 28.9. The Morgan fingerprint density at radius 3 is 2.66 bits per heavy atom. The van der Waals surface area contributed by atoms with Gasteiger partial charge in [-0.3, -0.25) is 19.2 Å². The molecule has 0 spiro atoms. The van der Waals surface area contributed by atoms with Crippen molar-refractivity contribution in [2.75, 3.05) is 26.2 Å². The number of nitrogens with two attached hydrogens (primary N) is 1. The molecular weight excluding hydrogens is 544 g/mol. The topological polar surface area (TPSA) is 150 Å². The number of H-pyrrole nitrogens is 1. The number of benzene rings is 2. The smallest absolute Gasteiger partial charge is 0.254 e. The summed E-state index contributed by atoms with van der Waals surface area (Å²) in [5.74, 6) is -0.428. The van der Waals surface area contributed by atoms with Crippen molar-refractivity contribution in [3.8, 4) is 0 Å². The average molecular weight is 579 g/mol. The monoisotopic (exact) mass is 578 g/mol. The van der Waals surface area contributed by atoms with Crippen molar-refractivity contribution < 1.29 is 19.2 Å². The van der Waals surface area contributed by atoms with Gasteiger partial charge in [0.15, 0.2) is 0 Å². The maximum Gasteiger partial charge on any atom is 0.254 e. The number of likely N-dealkylation sites (tertiary alicyclic amines) is 1. The molecule has 2 aromatic carbocycles. The zero-order valence-corrected chi connectivity index (χ0v) is 23.6. The van der Waals surface area contributed by atoms with Gasteiger partial charge in [0.2, 0.25) is 17.7 Å². The van der Waals surface area contributed by atoms with Gasteiger partial charge in [-0.2, -0.15) is 0 Å². The molecular formula is C30H35ClN6O4. The summed E-state index contributed by atoms with van der Waals surface area (Å²) in [7, 11) is 0. The second-order valence-corrected chi connectivity index (χ2v) is 11.3. The molecule has 1 aromatic heterocycles. The SMILES string of the molecule is NC(=O)c1ccc(C(=O)N2CCCC2)c(C[C@H](CCCCNC(=O)C2CNC(=O)C2)c2nc3ccc(Cl)cc3[nH]2)c1. The lowest BCUT2D eigenvalue weighted by Gasteiger charge is -2.21. The Morgan fingerprint density at radius 2 is 1.93 bits per heavy atom. The van der Waals surface area contributed by atoms with Crippen molar-refractivity contribution in [2.24, 2.45) is 11.7 Å². The molecule has 5 N–H and O–H groups in total. The van der Waals surface area contributed by atoms with Gasteiger partial charge in [-0.25, -0.2) is 4.98 Å². The van der Waals surface area contributed by atoms with Crippen LogP contribution >= 0.6 is 11.6 Å². The number of carbonyl (C=O) groups is 4. The van der Waals surface area contributed by atoms with Crippen LogP contribution in [-0.2, 0) is 16.0 Å². The van der Waals surface area contributed by atoms with Crippen molar-refractivity contribution in [3.63, 3.8) is 0 Å². The van der Waals surface area contributed by atoms with E-state index in [1.165, 1.54) is 0 Å². The van der Waals surface area contributed by atoms with Crippen molar-refractivity contribution >= 4 is 46.3 Å². The van der Waals surface area contributed by atoms with Crippen molar-refractivity contribution in [2.45, 2.75) is 50.9 Å². The summed E-state index contributed by atoms with van der Waals surface area (Å²) < 4.78 is 0. The molecule has 3 heterocycles. The minimum Gasteiger partial charge on any atom is -0.366 e. The van der Waals surface area contributed by atoms with Crippen molar-refractivity contribution in [1.82, 2.24) is 25.5 Å². The maximum absolute atomic E-state index is 13.4. The number of rotatable bonds is 11. The number of unbranched alkanes of at least 4 members (excludes halogenated alkanes) is 1. The number of imidazole rings is 1. The lowest BCUT2D eigenvalue weighted by molar-refractivity contribution is -0.126. The number of aromatic amines is 1. The molecule has 0 radical (unpaired) electrons. The number of nitrogens with one attached hydrogen (secondary N) is 3. The summed E-state index contributed by atoms with van der Waals surface area (Å²) in [6.07, 6.45) is 4.92. The minimum absolute atomic E-state index is 0.0359. The van der Waals surface area contributed by atoms with E-state index in [4.69, 9.17) is 22.3 Å². The molecule has 4 amide bonds. The number of nitrogens with zero attached hydrogens (tertiary/aromatic N) is 2. The normalized spacial score (nSPS) is 17.5. The van der Waals surface area contributed by atoms with Crippen LogP contribution in [0.1, 0.15) is 76.5 Å². The Hall–Kier alpha value is -3.92. The molecule has 2 fully saturated rings. The second-order valence-electron chi connectivity index (χ2n) is 10.9. The first kappa shape index (κ1) is 28.6. The standard InChI is InChI=1S/C30H35ClN6O4/c31-22-7-9-24-25(16-22)36-28(35-24)19(5-1-2-10-33-29(40)21-15-26(38)34-17-21)14-20-13-18(27(32)39)6-8-23(20)30(41)37-11-3-4-12-37/h6-9,13,16,19,21H,1-5,10-12,14-15,17H2,(H2,32,39)(H,33,40)(H,34,38)(H,35,36)/t19-,21?/m0/s1. The molecule has 11 heteroatoms. The number of halogens is 1. The Kier molecular flexibility index (Phi) is 8.87. The average Bonchev–Trinajstić information content (AvgIpc) is 3.72. The quantitative estimate of drug-likeness (QED) is 0.257. The predicted octanol–water partition coefficient (Wildman–Crippen LogP) is 3.30. The number of primary amides is 1. The first-order chi connectivity index (χ1) is 19.8. The molecule has 2 saturated heterocycles. The third-order valence-corrected chi connectivity index (χ3v) is 8.19. The number of hydrogen-bond donors (Lipinski definition) is 4. The van der Waals surface area contributed by atoms with E-state index in [9.17, 15) is 19.2 Å². The van der Waals surface area contributed by atoms with E-state index >= 15 is 0 Å². The van der Waals surface area contributed by atoms with E-state index in [-0.39, 0.29) is 36.0 Å². The van der Waals surface area contributed by atoms with Crippen LogP contribution in [0.15, 0.2) is 36.4 Å². The Morgan fingerprint density at radius 1 is 1.12 bits per heavy atom. The van der Waals surface area contributed by atoms with Crippen LogP contribution in [0.4, 0.5) is 0 Å². The Balaban J connectivity index is 1.35. The Labute approximate surface area is 243 Å². The van der Waals surface area contributed by atoms with Gasteiger partial charge in [0.05, 0.1) is 17.0 Å². The lowest BCUT2D eigenvalue weighted by atomic mass is 9.89. The van der Waals surface area contributed by atoms with Crippen LogP contribution in [0.5, 0.6) is 0 Å². The van der Waals surface area contributed by atoms with Gasteiger partial charge in [0.1, 0.15) is 5.82 Å². The highest BCUT2D eigenvalue weighted by Crippen LogP contribution is 2.30. The van der Waals surface area contributed by atoms with Gasteiger partial charge in [-0.05, 0) is 74.1 Å². The molecule has 41 heavy (non-hydrogen) atoms. The third-order valence-electron chi connectivity index (χ3n) is 7.96. The highest BCUT2D eigenvalue weighted by molar-refractivity contribution is 6.31. The van der Waals surface area contributed by atoms with Gasteiger partial charge in [0.25, 0.3) is 5.91 Å². The van der Waals surface area contributed by atoms with E-state index in [1.807, 2.05) is 17.0 Å². The molecule has 5 rings (SSSR count). The fraction of sp³-hybridized carbons (Fsp3) is 0.433. The number of aromatic nitrogens is 2. The number of carbonyl (C=O) groups excluding carboxylic acids is 4. The summed E-state index contributed by atoms with van der Waals surface area (Å²) >= 11 is 6.21. The van der Waals surface area contributed by atoms with Crippen LogP contribution in [0, 0.1) is 5.92 Å². The number of amides is 4. The Bertz CT molecular complexity index is 1460. The van der Waals surface area contributed by atoms with Gasteiger partial charge < -0.3 is 26.3 Å². The highest BCUT2D eigenvalue weighted by atomic mass is 35.5. The predicted molar refractivity (Wildman–Crippen MR) is 156 cm³/mol. The van der Waals surface area contributed by atoms with E-state index in [0.29, 0.717) is 35.7 Å². The third kappa shape index (κ3) is 6.87. The van der Waals surface area contributed by atoms with Crippen LogP contribution in [-0.4, -0.2) is 64.7 Å². The fourth-order valence-corrected chi connectivity index (χ4v) is 5.85. The van der Waals surface area contributed by atoms with Crippen molar-refractivity contribution in [1.29, 1.82) is 0 Å². The summed E-state index contributed by atoms with van der Waals surface area (Å²) in [6, 6.07) is 10.5. The first-order valence-electron chi connectivity index (χ1n) is 14.2. The highest BCUT2D eigenvalue weighted by Gasteiger charge is 2.28. The van der Waals surface area contributed by atoms with Crippen molar-refractivity contribution in [3.05, 3.63) is 63.9 Å². The van der Waals surface area contributed by atoms with Gasteiger partial charge in [-0.1, -0.05) is 18.0 Å². The molecule has 216 valence electrons. The fourth-order valence-electron chi connectivity index (χ4n) is 5.67. The van der Waals surface area contributed by atoms with Gasteiger partial charge in [-0.15, -0.1) is 0 Å². The summed E-state index contributed by atoms with van der Waals surface area (Å²) in [6.45, 7) is 2.33. The summed E-state index contributed by atoms with van der Waals surface area (Å²) in [5, 5.41) is 6.23. The van der Waals surface area contributed by atoms with E-state index in [0.717, 1.165) is 67.6 Å². The number of hydrogen-bond acceptors (Lipinski definition) is 5. The molecule has 10 nitrogen and oxygen atoms in total. The van der Waals surface area contributed by atoms with E-state index in [1.54, 1.807) is 24.3 Å². The van der Waals surface area contributed by atoms with E-state index in [2.05, 4.69) is 15.6 Å². The molecule has 2 aliphatic rings. The molecule has 0 aliphatic carbocycles. The molecule has 2 atom stereocenters. The summed E-state index contributed by atoms with van der Waals surface area (Å²) in [4.78, 5) is 59.4.